The smallest absolute Gasteiger partial charge is 0.333 e. The van der Waals surface area contributed by atoms with Gasteiger partial charge in [0.15, 0.2) is 5.78 Å². The number of aromatic hydroxyl groups is 1. The number of phenols is 1. The zero-order valence-corrected chi connectivity index (χ0v) is 15.7. The second kappa shape index (κ2) is 6.48. The zero-order valence-electron chi connectivity index (χ0n) is 15.7. The summed E-state index contributed by atoms with van der Waals surface area (Å²) >= 11 is 0. The van der Waals surface area contributed by atoms with E-state index in [0.717, 1.165) is 32.1 Å². The van der Waals surface area contributed by atoms with E-state index >= 15 is 0 Å². The normalized spacial score (nSPS) is 33.7. The molecule has 2 atom stereocenters. The second-order valence-electron chi connectivity index (χ2n) is 8.76. The van der Waals surface area contributed by atoms with Crippen molar-refractivity contribution < 1.29 is 24.2 Å². The van der Waals surface area contributed by atoms with Crippen LogP contribution >= 0.6 is 0 Å². The van der Waals surface area contributed by atoms with Crippen molar-refractivity contribution in [3.8, 4) is 5.75 Å². The van der Waals surface area contributed by atoms with E-state index in [0.29, 0.717) is 29.4 Å². The summed E-state index contributed by atoms with van der Waals surface area (Å²) in [6.45, 7) is 5.38. The molecule has 5 rings (SSSR count). The van der Waals surface area contributed by atoms with E-state index < -0.39 is 5.60 Å². The molecule has 4 aliphatic rings. The predicted molar refractivity (Wildman–Crippen MR) is 99.4 cm³/mol. The number of carbonyl (C=O) groups excluding carboxylic acids is 2. The number of hydrogen-bond acceptors (Lipinski definition) is 5. The molecule has 1 aromatic rings. The molecule has 0 heterocycles. The Hall–Kier alpha value is -2.14. The monoisotopic (exact) mass is 370 g/mol. The third-order valence-corrected chi connectivity index (χ3v) is 6.31. The first-order valence-electron chi connectivity index (χ1n) is 9.63. The van der Waals surface area contributed by atoms with Gasteiger partial charge >= 0.3 is 5.97 Å². The number of carbonyl (C=O) groups is 2. The predicted octanol–water partition coefficient (Wildman–Crippen LogP) is 3.80. The maximum Gasteiger partial charge on any atom is 0.333 e. The lowest BCUT2D eigenvalue weighted by atomic mass is 9.52. The van der Waals surface area contributed by atoms with Gasteiger partial charge in [-0.05, 0) is 75.1 Å². The largest absolute Gasteiger partial charge is 0.508 e. The topological polar surface area (TPSA) is 72.8 Å². The minimum absolute atomic E-state index is 0.00866. The Morgan fingerprint density at radius 2 is 1.70 bits per heavy atom. The first-order valence-corrected chi connectivity index (χ1v) is 9.63. The van der Waals surface area contributed by atoms with Gasteiger partial charge in [-0.3, -0.25) is 4.79 Å². The van der Waals surface area contributed by atoms with Crippen molar-refractivity contribution in [1.82, 2.24) is 0 Å². The van der Waals surface area contributed by atoms with Crippen molar-refractivity contribution in [3.63, 3.8) is 0 Å². The van der Waals surface area contributed by atoms with Gasteiger partial charge in [0.2, 0.25) is 0 Å². The van der Waals surface area contributed by atoms with Crippen molar-refractivity contribution in [3.05, 3.63) is 42.0 Å². The van der Waals surface area contributed by atoms with Crippen molar-refractivity contribution in [2.24, 2.45) is 11.8 Å². The van der Waals surface area contributed by atoms with E-state index in [-0.39, 0.29) is 29.7 Å². The van der Waals surface area contributed by atoms with Crippen LogP contribution in [0.15, 0.2) is 36.4 Å². The summed E-state index contributed by atoms with van der Waals surface area (Å²) in [5.74, 6) is 0.668. The van der Waals surface area contributed by atoms with Gasteiger partial charge in [-0.15, -0.1) is 0 Å². The summed E-state index contributed by atoms with van der Waals surface area (Å²) in [5.41, 5.74) is 0.0949. The molecule has 4 saturated carbocycles. The van der Waals surface area contributed by atoms with Gasteiger partial charge in [-0.1, -0.05) is 6.58 Å². The summed E-state index contributed by atoms with van der Waals surface area (Å²) in [5, 5.41) is 9.37. The number of hydrogen-bond donors (Lipinski definition) is 1. The average Bonchev–Trinajstić information content (AvgIpc) is 2.58. The van der Waals surface area contributed by atoms with Crippen LogP contribution in [0.4, 0.5) is 0 Å². The van der Waals surface area contributed by atoms with E-state index in [1.807, 2.05) is 0 Å². The maximum absolute atomic E-state index is 12.5. The minimum atomic E-state index is -0.471. The Balaban J connectivity index is 1.47. The van der Waals surface area contributed by atoms with E-state index in [1.54, 1.807) is 19.1 Å². The fourth-order valence-corrected chi connectivity index (χ4v) is 5.62. The Labute approximate surface area is 159 Å². The highest BCUT2D eigenvalue weighted by atomic mass is 16.6. The standard InChI is InChI=1S/C22H26O5/c1-14(2)20(25)27-22-10-15-7-16(11-22)9-21(8-15,13-22)26-12-19(24)17-3-5-18(23)6-4-17/h3-6,15-16,23H,1,7-13H2,2H3. The lowest BCUT2D eigenvalue weighted by molar-refractivity contribution is -0.228. The van der Waals surface area contributed by atoms with Crippen LogP contribution in [-0.4, -0.2) is 34.7 Å². The second-order valence-corrected chi connectivity index (χ2v) is 8.76. The van der Waals surface area contributed by atoms with Gasteiger partial charge in [0.25, 0.3) is 0 Å². The molecule has 0 aliphatic heterocycles. The number of ether oxygens (including phenoxy) is 2. The van der Waals surface area contributed by atoms with Crippen LogP contribution in [0.2, 0.25) is 0 Å². The molecule has 2 unspecified atom stereocenters. The SMILES string of the molecule is C=C(C)C(=O)OC12CC3CC(CC(OCC(=O)c4ccc(O)cc4)(C3)C1)C2. The Morgan fingerprint density at radius 1 is 1.11 bits per heavy atom. The molecule has 0 radical (unpaired) electrons. The highest BCUT2D eigenvalue weighted by Gasteiger charge is 2.60. The van der Waals surface area contributed by atoms with Crippen molar-refractivity contribution in [1.29, 1.82) is 0 Å². The van der Waals surface area contributed by atoms with E-state index in [4.69, 9.17) is 9.47 Å². The van der Waals surface area contributed by atoms with Crippen LogP contribution in [0.1, 0.15) is 55.8 Å². The van der Waals surface area contributed by atoms with Crippen molar-refractivity contribution >= 4 is 11.8 Å². The summed E-state index contributed by atoms with van der Waals surface area (Å²) in [4.78, 5) is 24.7. The van der Waals surface area contributed by atoms with E-state index in [2.05, 4.69) is 6.58 Å². The van der Waals surface area contributed by atoms with Crippen LogP contribution in [0.5, 0.6) is 5.75 Å². The third kappa shape index (κ3) is 3.53. The number of phenolic OH excluding ortho intramolecular Hbond substituents is 1. The molecule has 4 fully saturated rings. The zero-order chi connectivity index (χ0) is 19.2. The van der Waals surface area contributed by atoms with Gasteiger partial charge in [0.1, 0.15) is 18.0 Å². The van der Waals surface area contributed by atoms with Crippen molar-refractivity contribution in [2.45, 2.75) is 56.7 Å². The summed E-state index contributed by atoms with van der Waals surface area (Å²) < 4.78 is 12.1. The van der Waals surface area contributed by atoms with Crippen LogP contribution in [-0.2, 0) is 14.3 Å². The van der Waals surface area contributed by atoms with E-state index in [1.165, 1.54) is 12.1 Å². The minimum Gasteiger partial charge on any atom is -0.508 e. The Kier molecular flexibility index (Phi) is 4.38. The summed E-state index contributed by atoms with van der Waals surface area (Å²) in [6.07, 6.45) is 5.45. The molecule has 0 spiro atoms. The van der Waals surface area contributed by atoms with Gasteiger partial charge < -0.3 is 14.6 Å². The number of benzene rings is 1. The molecule has 27 heavy (non-hydrogen) atoms. The molecular weight excluding hydrogens is 344 g/mol. The number of Topliss-reactive ketones (excluding diaryl/α,β-unsaturated/α-hetero) is 1. The van der Waals surface area contributed by atoms with Gasteiger partial charge in [0.05, 0.1) is 5.60 Å². The molecule has 0 aromatic heterocycles. The number of esters is 1. The molecule has 1 N–H and O–H groups in total. The molecular formula is C22H26O5. The molecule has 4 aliphatic carbocycles. The Bertz CT molecular complexity index is 764. The summed E-state index contributed by atoms with van der Waals surface area (Å²) in [7, 11) is 0. The van der Waals surface area contributed by atoms with Crippen LogP contribution in [0, 0.1) is 11.8 Å². The van der Waals surface area contributed by atoms with Crippen LogP contribution < -0.4 is 0 Å². The van der Waals surface area contributed by atoms with Gasteiger partial charge in [-0.2, -0.15) is 0 Å². The highest BCUT2D eigenvalue weighted by Crippen LogP contribution is 2.60. The average molecular weight is 370 g/mol. The fraction of sp³-hybridized carbons (Fsp3) is 0.545. The molecule has 0 amide bonds. The van der Waals surface area contributed by atoms with Gasteiger partial charge in [-0.25, -0.2) is 4.79 Å². The number of ketones is 1. The Morgan fingerprint density at radius 3 is 2.30 bits per heavy atom. The highest BCUT2D eigenvalue weighted by molar-refractivity contribution is 5.97. The van der Waals surface area contributed by atoms with E-state index in [9.17, 15) is 14.7 Å². The molecule has 1 aromatic carbocycles. The number of rotatable bonds is 6. The van der Waals surface area contributed by atoms with Crippen LogP contribution in [0.3, 0.4) is 0 Å². The molecule has 4 bridgehead atoms. The fourth-order valence-electron chi connectivity index (χ4n) is 5.62. The quantitative estimate of drug-likeness (QED) is 0.468. The molecule has 0 saturated heterocycles. The molecule has 5 nitrogen and oxygen atoms in total. The molecule has 144 valence electrons. The maximum atomic E-state index is 12.5. The summed E-state index contributed by atoms with van der Waals surface area (Å²) in [6, 6.07) is 6.22. The van der Waals surface area contributed by atoms with Gasteiger partial charge in [0, 0.05) is 17.6 Å². The van der Waals surface area contributed by atoms with Crippen LogP contribution in [0.25, 0.3) is 0 Å². The lowest BCUT2D eigenvalue weighted by Gasteiger charge is -2.60. The third-order valence-electron chi connectivity index (χ3n) is 6.31. The molecule has 5 heteroatoms. The first-order chi connectivity index (χ1) is 12.8. The first kappa shape index (κ1) is 18.2. The lowest BCUT2D eigenvalue weighted by Crippen LogP contribution is -2.61. The van der Waals surface area contributed by atoms with Crippen molar-refractivity contribution in [2.75, 3.05) is 6.61 Å².